The molecule has 1 saturated carbocycles. The first-order valence-electron chi connectivity index (χ1n) is 4.46. The smallest absolute Gasteiger partial charge is 0.204 e. The summed E-state index contributed by atoms with van der Waals surface area (Å²) in [4.78, 5) is 0. The van der Waals surface area contributed by atoms with Gasteiger partial charge in [-0.2, -0.15) is 0 Å². The highest BCUT2D eigenvalue weighted by molar-refractivity contribution is 7.59. The van der Waals surface area contributed by atoms with Gasteiger partial charge in [0.05, 0.1) is 6.61 Å². The molecule has 0 aromatic heterocycles. The van der Waals surface area contributed by atoms with Crippen LogP contribution in [0.1, 0.15) is 13.8 Å². The molecule has 0 aromatic rings. The largest absolute Gasteiger partial charge is 0.329 e. The van der Waals surface area contributed by atoms with Gasteiger partial charge < -0.3 is 4.52 Å². The zero-order valence-electron chi connectivity index (χ0n) is 7.72. The summed E-state index contributed by atoms with van der Waals surface area (Å²) >= 11 is 12.1. The minimum absolute atomic E-state index is 0.166. The van der Waals surface area contributed by atoms with E-state index >= 15 is 0 Å². The van der Waals surface area contributed by atoms with E-state index in [9.17, 15) is 4.57 Å². The number of halogens is 2. The fourth-order valence-electron chi connectivity index (χ4n) is 2.38. The Morgan fingerprint density at radius 1 is 1.62 bits per heavy atom. The Bertz CT molecular complexity index is 292. The van der Waals surface area contributed by atoms with Gasteiger partial charge in [-0.3, -0.25) is 4.57 Å². The SMILES string of the molecule is CCOP1(=O)CC2C(Cl)(Cl)C2(C)C1. The van der Waals surface area contributed by atoms with Crippen molar-refractivity contribution in [1.29, 1.82) is 0 Å². The van der Waals surface area contributed by atoms with Crippen LogP contribution in [0.2, 0.25) is 0 Å². The van der Waals surface area contributed by atoms with E-state index in [0.29, 0.717) is 18.9 Å². The zero-order valence-corrected chi connectivity index (χ0v) is 10.1. The third kappa shape index (κ3) is 1.23. The van der Waals surface area contributed by atoms with Gasteiger partial charge in [-0.1, -0.05) is 6.92 Å². The van der Waals surface area contributed by atoms with Crippen LogP contribution >= 0.6 is 30.6 Å². The van der Waals surface area contributed by atoms with Crippen LogP contribution in [0, 0.1) is 11.3 Å². The Morgan fingerprint density at radius 3 is 2.62 bits per heavy atom. The van der Waals surface area contributed by atoms with Gasteiger partial charge in [-0.05, 0) is 6.92 Å². The maximum absolute atomic E-state index is 12.0. The highest BCUT2D eigenvalue weighted by atomic mass is 35.5. The number of hydrogen-bond donors (Lipinski definition) is 0. The van der Waals surface area contributed by atoms with Crippen molar-refractivity contribution in [1.82, 2.24) is 0 Å². The molecule has 76 valence electrons. The van der Waals surface area contributed by atoms with Gasteiger partial charge in [-0.25, -0.2) is 0 Å². The Morgan fingerprint density at radius 2 is 2.23 bits per heavy atom. The van der Waals surface area contributed by atoms with Crippen LogP contribution < -0.4 is 0 Å². The Labute approximate surface area is 88.4 Å². The lowest BCUT2D eigenvalue weighted by Crippen LogP contribution is -2.12. The van der Waals surface area contributed by atoms with Gasteiger partial charge in [0.15, 0.2) is 0 Å². The lowest BCUT2D eigenvalue weighted by molar-refractivity contribution is 0.333. The second kappa shape index (κ2) is 2.66. The molecule has 2 aliphatic rings. The molecule has 0 bridgehead atoms. The van der Waals surface area contributed by atoms with E-state index in [1.54, 1.807) is 0 Å². The molecule has 1 aliphatic heterocycles. The summed E-state index contributed by atoms with van der Waals surface area (Å²) < 4.78 is 16.6. The van der Waals surface area contributed by atoms with E-state index in [1.807, 2.05) is 13.8 Å². The molecule has 1 saturated heterocycles. The molecule has 3 unspecified atom stereocenters. The minimum atomic E-state index is -2.39. The summed E-state index contributed by atoms with van der Waals surface area (Å²) in [6.07, 6.45) is 1.11. The monoisotopic (exact) mass is 242 g/mol. The van der Waals surface area contributed by atoms with Gasteiger partial charge in [-0.15, -0.1) is 23.2 Å². The molecule has 0 amide bonds. The van der Waals surface area contributed by atoms with Crippen molar-refractivity contribution in [2.75, 3.05) is 18.9 Å². The fraction of sp³-hybridized carbons (Fsp3) is 1.00. The summed E-state index contributed by atoms with van der Waals surface area (Å²) in [5.41, 5.74) is -0.166. The third-order valence-electron chi connectivity index (χ3n) is 3.28. The van der Waals surface area contributed by atoms with E-state index in [0.717, 1.165) is 0 Å². The van der Waals surface area contributed by atoms with Crippen molar-refractivity contribution in [3.8, 4) is 0 Å². The molecule has 1 heterocycles. The molecular weight excluding hydrogens is 230 g/mol. The van der Waals surface area contributed by atoms with Crippen molar-refractivity contribution in [2.45, 2.75) is 18.2 Å². The van der Waals surface area contributed by atoms with E-state index in [4.69, 9.17) is 27.7 Å². The Balaban J connectivity index is 2.13. The van der Waals surface area contributed by atoms with Gasteiger partial charge in [0.1, 0.15) is 4.33 Å². The molecule has 0 spiro atoms. The second-order valence-electron chi connectivity index (χ2n) is 4.17. The lowest BCUT2D eigenvalue weighted by atomic mass is 10.1. The Hall–Kier alpha value is 0.770. The first-order chi connectivity index (χ1) is 5.86. The number of alkyl halides is 2. The van der Waals surface area contributed by atoms with E-state index in [-0.39, 0.29) is 11.3 Å². The molecular formula is C8H13Cl2O2P. The van der Waals surface area contributed by atoms with Crippen LogP contribution in [0.5, 0.6) is 0 Å². The third-order valence-corrected chi connectivity index (χ3v) is 7.46. The van der Waals surface area contributed by atoms with Crippen molar-refractivity contribution >= 4 is 30.6 Å². The average Bonchev–Trinajstić information content (AvgIpc) is 2.34. The molecule has 1 aliphatic carbocycles. The highest BCUT2D eigenvalue weighted by Crippen LogP contribution is 2.81. The normalized spacial score (nSPS) is 51.8. The quantitative estimate of drug-likeness (QED) is 0.550. The number of rotatable bonds is 2. The Kier molecular flexibility index (Phi) is 2.11. The molecule has 0 aromatic carbocycles. The summed E-state index contributed by atoms with van der Waals surface area (Å²) in [5.74, 6) is 0.167. The first kappa shape index (κ1) is 10.3. The first-order valence-corrected chi connectivity index (χ1v) is 7.21. The van der Waals surface area contributed by atoms with E-state index in [2.05, 4.69) is 0 Å². The second-order valence-corrected chi connectivity index (χ2v) is 8.12. The molecule has 13 heavy (non-hydrogen) atoms. The topological polar surface area (TPSA) is 26.3 Å². The lowest BCUT2D eigenvalue weighted by Gasteiger charge is -2.18. The summed E-state index contributed by atoms with van der Waals surface area (Å²) in [5, 5.41) is 0. The molecule has 3 atom stereocenters. The number of hydrogen-bond acceptors (Lipinski definition) is 2. The van der Waals surface area contributed by atoms with Crippen molar-refractivity contribution in [3.05, 3.63) is 0 Å². The summed E-state index contributed by atoms with van der Waals surface area (Å²) in [6.45, 7) is 4.37. The van der Waals surface area contributed by atoms with Crippen molar-refractivity contribution < 1.29 is 9.09 Å². The zero-order chi connectivity index (χ0) is 9.91. The van der Waals surface area contributed by atoms with Crippen LogP contribution in [-0.4, -0.2) is 23.3 Å². The average molecular weight is 243 g/mol. The molecule has 0 radical (unpaired) electrons. The maximum atomic E-state index is 12.0. The van der Waals surface area contributed by atoms with Gasteiger partial charge in [0.2, 0.25) is 7.37 Å². The molecule has 2 fully saturated rings. The van der Waals surface area contributed by atoms with Crippen LogP contribution in [0.4, 0.5) is 0 Å². The highest BCUT2D eigenvalue weighted by Gasteiger charge is 2.79. The van der Waals surface area contributed by atoms with Crippen LogP contribution in [-0.2, 0) is 9.09 Å². The van der Waals surface area contributed by atoms with Gasteiger partial charge >= 0.3 is 0 Å². The standard InChI is InChI=1S/C8H13Cl2O2P/c1-3-12-13(11)4-6-7(2,5-13)8(6,9)10/h6H,3-5H2,1-2H3. The van der Waals surface area contributed by atoms with E-state index < -0.39 is 11.7 Å². The van der Waals surface area contributed by atoms with Crippen LogP contribution in [0.25, 0.3) is 0 Å². The predicted octanol–water partition coefficient (Wildman–Crippen LogP) is 3.12. The molecule has 2 nitrogen and oxygen atoms in total. The predicted molar refractivity (Wildman–Crippen MR) is 55.0 cm³/mol. The van der Waals surface area contributed by atoms with Gasteiger partial charge in [0.25, 0.3) is 0 Å². The van der Waals surface area contributed by atoms with Crippen molar-refractivity contribution in [2.24, 2.45) is 11.3 Å². The van der Waals surface area contributed by atoms with E-state index in [1.165, 1.54) is 0 Å². The minimum Gasteiger partial charge on any atom is -0.329 e. The van der Waals surface area contributed by atoms with Crippen LogP contribution in [0.3, 0.4) is 0 Å². The summed E-state index contributed by atoms with van der Waals surface area (Å²) in [7, 11) is -2.39. The van der Waals surface area contributed by atoms with Gasteiger partial charge in [0, 0.05) is 23.7 Å². The number of fused-ring (bicyclic) bond motifs is 1. The summed E-state index contributed by atoms with van der Waals surface area (Å²) in [6, 6.07) is 0. The molecule has 5 heteroatoms. The molecule has 0 N–H and O–H groups in total. The maximum Gasteiger partial charge on any atom is 0.204 e. The fourth-order valence-corrected chi connectivity index (χ4v) is 7.21. The van der Waals surface area contributed by atoms with Crippen LogP contribution in [0.15, 0.2) is 0 Å². The molecule has 2 rings (SSSR count). The van der Waals surface area contributed by atoms with Crippen molar-refractivity contribution in [3.63, 3.8) is 0 Å².